The van der Waals surface area contributed by atoms with Crippen molar-refractivity contribution >= 4 is 0 Å². The molecule has 0 bridgehead atoms. The third kappa shape index (κ3) is 4.20. The van der Waals surface area contributed by atoms with Gasteiger partial charge in [-0.3, -0.25) is 0 Å². The first kappa shape index (κ1) is 14.8. The number of hydrogen-bond acceptors (Lipinski definition) is 2. The maximum atomic E-state index is 4.41. The second kappa shape index (κ2) is 7.25. The molecule has 1 aromatic heterocycles. The average molecular weight is 271 g/mol. The van der Waals surface area contributed by atoms with Crippen LogP contribution < -0.4 is 5.32 Å². The van der Waals surface area contributed by atoms with Crippen LogP contribution in [0.5, 0.6) is 0 Å². The van der Waals surface area contributed by atoms with E-state index >= 15 is 0 Å². The van der Waals surface area contributed by atoms with Gasteiger partial charge in [0.2, 0.25) is 0 Å². The molecule has 0 aliphatic heterocycles. The number of benzene rings is 1. The lowest BCUT2D eigenvalue weighted by molar-refractivity contribution is 0.454. The average Bonchev–Trinajstić information content (AvgIpc) is 2.82. The van der Waals surface area contributed by atoms with Crippen LogP contribution in [0, 0.1) is 12.8 Å². The SMILES string of the molecule is CNCC(CCc1nccn1C)Cc1cccc(C)c1. The Morgan fingerprint density at radius 2 is 2.20 bits per heavy atom. The predicted molar refractivity (Wildman–Crippen MR) is 83.8 cm³/mol. The van der Waals surface area contributed by atoms with E-state index in [0.717, 1.165) is 19.4 Å². The van der Waals surface area contributed by atoms with Gasteiger partial charge < -0.3 is 9.88 Å². The highest BCUT2D eigenvalue weighted by molar-refractivity contribution is 5.22. The molecule has 2 rings (SSSR count). The fourth-order valence-electron chi connectivity index (χ4n) is 2.71. The lowest BCUT2D eigenvalue weighted by Gasteiger charge is -2.17. The summed E-state index contributed by atoms with van der Waals surface area (Å²) in [5.74, 6) is 1.83. The molecule has 20 heavy (non-hydrogen) atoms. The number of aromatic nitrogens is 2. The minimum absolute atomic E-state index is 0.651. The van der Waals surface area contributed by atoms with Crippen LogP contribution in [-0.2, 0) is 19.9 Å². The molecular formula is C17H25N3. The number of nitrogens with zero attached hydrogens (tertiary/aromatic N) is 2. The zero-order valence-electron chi connectivity index (χ0n) is 12.8. The normalized spacial score (nSPS) is 12.6. The fraction of sp³-hybridized carbons (Fsp3) is 0.471. The molecule has 1 unspecified atom stereocenters. The van der Waals surface area contributed by atoms with Crippen LogP contribution in [0.4, 0.5) is 0 Å². The third-order valence-electron chi connectivity index (χ3n) is 3.80. The van der Waals surface area contributed by atoms with Gasteiger partial charge in [0.05, 0.1) is 0 Å². The van der Waals surface area contributed by atoms with Crippen molar-refractivity contribution in [3.63, 3.8) is 0 Å². The van der Waals surface area contributed by atoms with Gasteiger partial charge in [-0.1, -0.05) is 29.8 Å². The number of nitrogens with one attached hydrogen (secondary N) is 1. The van der Waals surface area contributed by atoms with Crippen LogP contribution in [-0.4, -0.2) is 23.1 Å². The van der Waals surface area contributed by atoms with Gasteiger partial charge in [0.25, 0.3) is 0 Å². The second-order valence-electron chi connectivity index (χ2n) is 5.61. The maximum Gasteiger partial charge on any atom is 0.108 e. The Kier molecular flexibility index (Phi) is 5.36. The van der Waals surface area contributed by atoms with E-state index in [4.69, 9.17) is 0 Å². The zero-order chi connectivity index (χ0) is 14.4. The number of rotatable bonds is 7. The van der Waals surface area contributed by atoms with Crippen molar-refractivity contribution in [1.82, 2.24) is 14.9 Å². The lowest BCUT2D eigenvalue weighted by Crippen LogP contribution is -2.22. The molecule has 1 heterocycles. The highest BCUT2D eigenvalue weighted by atomic mass is 15.0. The van der Waals surface area contributed by atoms with E-state index < -0.39 is 0 Å². The largest absolute Gasteiger partial charge is 0.338 e. The summed E-state index contributed by atoms with van der Waals surface area (Å²) in [6.45, 7) is 3.21. The maximum absolute atomic E-state index is 4.41. The molecule has 1 N–H and O–H groups in total. The van der Waals surface area contributed by atoms with E-state index in [1.165, 1.54) is 23.4 Å². The Bertz CT molecular complexity index is 531. The standard InChI is InChI=1S/C17H25N3/c1-14-5-4-6-15(11-14)12-16(13-18-2)7-8-17-19-9-10-20(17)3/h4-6,9-11,16,18H,7-8,12-13H2,1-3H3. The summed E-state index contributed by atoms with van der Waals surface area (Å²) in [4.78, 5) is 4.41. The van der Waals surface area contributed by atoms with Crippen molar-refractivity contribution in [2.75, 3.05) is 13.6 Å². The highest BCUT2D eigenvalue weighted by Crippen LogP contribution is 2.15. The molecule has 3 heteroatoms. The Balaban J connectivity index is 1.95. The van der Waals surface area contributed by atoms with Crippen LogP contribution in [0.15, 0.2) is 36.7 Å². The molecule has 1 aromatic carbocycles. The Hall–Kier alpha value is -1.61. The van der Waals surface area contributed by atoms with Crippen LogP contribution >= 0.6 is 0 Å². The Morgan fingerprint density at radius 1 is 1.35 bits per heavy atom. The first-order chi connectivity index (χ1) is 9.69. The molecule has 0 spiro atoms. The molecule has 0 aliphatic rings. The Morgan fingerprint density at radius 3 is 2.85 bits per heavy atom. The monoisotopic (exact) mass is 271 g/mol. The van der Waals surface area contributed by atoms with Gasteiger partial charge in [-0.2, -0.15) is 0 Å². The summed E-state index contributed by atoms with van der Waals surface area (Å²) in [5, 5.41) is 3.32. The van der Waals surface area contributed by atoms with Crippen LogP contribution in [0.1, 0.15) is 23.4 Å². The predicted octanol–water partition coefficient (Wildman–Crippen LogP) is 2.74. The molecule has 0 fully saturated rings. The van der Waals surface area contributed by atoms with Crippen molar-refractivity contribution < 1.29 is 0 Å². The Labute approximate surface area is 122 Å². The fourth-order valence-corrected chi connectivity index (χ4v) is 2.71. The van der Waals surface area contributed by atoms with Gasteiger partial charge in [0, 0.05) is 25.9 Å². The van der Waals surface area contributed by atoms with E-state index in [-0.39, 0.29) is 0 Å². The lowest BCUT2D eigenvalue weighted by atomic mass is 9.94. The van der Waals surface area contributed by atoms with Gasteiger partial charge >= 0.3 is 0 Å². The summed E-state index contributed by atoms with van der Waals surface area (Å²) >= 11 is 0. The van der Waals surface area contributed by atoms with Gasteiger partial charge in [0.15, 0.2) is 0 Å². The van der Waals surface area contributed by atoms with Crippen LogP contribution in [0.2, 0.25) is 0 Å². The van der Waals surface area contributed by atoms with E-state index in [0.29, 0.717) is 5.92 Å². The molecular weight excluding hydrogens is 246 g/mol. The van der Waals surface area contributed by atoms with E-state index in [1.54, 1.807) is 0 Å². The molecule has 3 nitrogen and oxygen atoms in total. The van der Waals surface area contributed by atoms with Gasteiger partial charge in [-0.05, 0) is 44.8 Å². The van der Waals surface area contributed by atoms with E-state index in [1.807, 2.05) is 19.4 Å². The summed E-state index contributed by atoms with van der Waals surface area (Å²) < 4.78 is 2.11. The van der Waals surface area contributed by atoms with Crippen LogP contribution in [0.3, 0.4) is 0 Å². The summed E-state index contributed by atoms with van der Waals surface area (Å²) in [6, 6.07) is 8.84. The zero-order valence-corrected chi connectivity index (χ0v) is 12.8. The summed E-state index contributed by atoms with van der Waals surface area (Å²) in [7, 11) is 4.10. The molecule has 2 aromatic rings. The van der Waals surface area contributed by atoms with Crippen molar-refractivity contribution in [2.45, 2.75) is 26.2 Å². The van der Waals surface area contributed by atoms with Crippen molar-refractivity contribution in [3.05, 3.63) is 53.6 Å². The number of imidazole rings is 1. The molecule has 108 valence electrons. The molecule has 0 saturated heterocycles. The quantitative estimate of drug-likeness (QED) is 0.839. The van der Waals surface area contributed by atoms with Crippen molar-refractivity contribution in [2.24, 2.45) is 13.0 Å². The minimum Gasteiger partial charge on any atom is -0.338 e. The second-order valence-corrected chi connectivity index (χ2v) is 5.61. The van der Waals surface area contributed by atoms with Crippen molar-refractivity contribution in [1.29, 1.82) is 0 Å². The topological polar surface area (TPSA) is 29.9 Å². The van der Waals surface area contributed by atoms with Crippen LogP contribution in [0.25, 0.3) is 0 Å². The molecule has 0 amide bonds. The molecule has 0 radical (unpaired) electrons. The summed E-state index contributed by atoms with van der Waals surface area (Å²) in [6.07, 6.45) is 7.24. The number of aryl methyl sites for hydroxylation is 3. The number of hydrogen-bond donors (Lipinski definition) is 1. The molecule has 0 aliphatic carbocycles. The van der Waals surface area contributed by atoms with Crippen molar-refractivity contribution in [3.8, 4) is 0 Å². The van der Waals surface area contributed by atoms with Gasteiger partial charge in [0.1, 0.15) is 5.82 Å². The first-order valence-electron chi connectivity index (χ1n) is 7.35. The third-order valence-corrected chi connectivity index (χ3v) is 3.80. The smallest absolute Gasteiger partial charge is 0.108 e. The first-order valence-corrected chi connectivity index (χ1v) is 7.35. The summed E-state index contributed by atoms with van der Waals surface area (Å²) in [5.41, 5.74) is 2.78. The van der Waals surface area contributed by atoms with E-state index in [9.17, 15) is 0 Å². The van der Waals surface area contributed by atoms with Gasteiger partial charge in [-0.15, -0.1) is 0 Å². The molecule has 1 atom stereocenters. The van der Waals surface area contributed by atoms with E-state index in [2.05, 4.69) is 53.1 Å². The highest BCUT2D eigenvalue weighted by Gasteiger charge is 2.11. The minimum atomic E-state index is 0.651. The molecule has 0 saturated carbocycles. The van der Waals surface area contributed by atoms with Gasteiger partial charge in [-0.25, -0.2) is 4.98 Å².